The lowest BCUT2D eigenvalue weighted by molar-refractivity contribution is -0.0461. The molecule has 1 aromatic heterocycles. The van der Waals surface area contributed by atoms with Gasteiger partial charge in [-0.25, -0.2) is 9.18 Å². The number of anilines is 1. The summed E-state index contributed by atoms with van der Waals surface area (Å²) in [6.07, 6.45) is -1.58. The van der Waals surface area contributed by atoms with Gasteiger partial charge in [0, 0.05) is 6.42 Å². The van der Waals surface area contributed by atoms with E-state index in [-0.39, 0.29) is 13.0 Å². The van der Waals surface area contributed by atoms with Crippen molar-refractivity contribution < 1.29 is 19.3 Å². The third kappa shape index (κ3) is 2.14. The van der Waals surface area contributed by atoms with E-state index in [0.717, 1.165) is 10.8 Å². The van der Waals surface area contributed by atoms with E-state index < -0.39 is 35.8 Å². The summed E-state index contributed by atoms with van der Waals surface area (Å²) < 4.78 is 19.3. The fraction of sp³-hybridized carbons (Fsp3) is 0.556. The molecule has 7 nitrogen and oxygen atoms in total. The van der Waals surface area contributed by atoms with Gasteiger partial charge >= 0.3 is 5.69 Å². The van der Waals surface area contributed by atoms with Gasteiger partial charge < -0.3 is 20.7 Å². The summed E-state index contributed by atoms with van der Waals surface area (Å²) in [6.45, 7) is -0.378. The number of aliphatic hydroxyl groups is 2. The fourth-order valence-corrected chi connectivity index (χ4v) is 1.71. The first kappa shape index (κ1) is 12.0. The molecule has 0 spiro atoms. The molecule has 3 atom stereocenters. The van der Waals surface area contributed by atoms with E-state index in [1.807, 2.05) is 0 Å². The largest absolute Gasteiger partial charge is 0.394 e. The van der Waals surface area contributed by atoms with Gasteiger partial charge in [0.05, 0.1) is 18.9 Å². The molecule has 0 radical (unpaired) electrons. The molecule has 4 N–H and O–H groups in total. The number of nitrogens with zero attached hydrogens (tertiary/aromatic N) is 2. The van der Waals surface area contributed by atoms with Gasteiger partial charge in [0.1, 0.15) is 12.3 Å². The van der Waals surface area contributed by atoms with E-state index in [0.29, 0.717) is 0 Å². The zero-order valence-electron chi connectivity index (χ0n) is 8.78. The molecular weight excluding hydrogens is 233 g/mol. The topological polar surface area (TPSA) is 111 Å². The maximum absolute atomic E-state index is 13.2. The molecule has 1 saturated heterocycles. The summed E-state index contributed by atoms with van der Waals surface area (Å²) in [5.41, 5.74) is 4.38. The van der Waals surface area contributed by atoms with Crippen LogP contribution in [-0.4, -0.2) is 38.6 Å². The highest BCUT2D eigenvalue weighted by atomic mass is 19.1. The van der Waals surface area contributed by atoms with Crippen molar-refractivity contribution in [3.8, 4) is 0 Å². The van der Waals surface area contributed by atoms with Crippen molar-refractivity contribution in [1.82, 2.24) is 9.55 Å². The van der Waals surface area contributed by atoms with Crippen LogP contribution in [0.25, 0.3) is 0 Å². The Bertz CT molecular complexity index is 478. The summed E-state index contributed by atoms with van der Waals surface area (Å²) in [7, 11) is 0. The van der Waals surface area contributed by atoms with Gasteiger partial charge in [-0.3, -0.25) is 4.57 Å². The molecule has 0 bridgehead atoms. The highest BCUT2D eigenvalue weighted by molar-refractivity contribution is 5.26. The first-order valence-corrected chi connectivity index (χ1v) is 5.01. The normalized spacial score (nSPS) is 28.5. The molecule has 0 aromatic carbocycles. The first-order chi connectivity index (χ1) is 8.02. The van der Waals surface area contributed by atoms with Crippen LogP contribution in [0.2, 0.25) is 0 Å². The van der Waals surface area contributed by atoms with Gasteiger partial charge in [0.25, 0.3) is 0 Å². The van der Waals surface area contributed by atoms with Gasteiger partial charge in [-0.2, -0.15) is 4.98 Å². The molecule has 8 heteroatoms. The number of hydrogen-bond acceptors (Lipinski definition) is 6. The van der Waals surface area contributed by atoms with E-state index in [4.69, 9.17) is 15.6 Å². The van der Waals surface area contributed by atoms with E-state index >= 15 is 0 Å². The van der Waals surface area contributed by atoms with E-state index in [9.17, 15) is 14.3 Å². The maximum Gasteiger partial charge on any atom is 0.351 e. The molecule has 0 amide bonds. The van der Waals surface area contributed by atoms with Crippen molar-refractivity contribution >= 4 is 5.82 Å². The number of rotatable bonds is 2. The van der Waals surface area contributed by atoms with Gasteiger partial charge in [-0.15, -0.1) is 0 Å². The highest BCUT2D eigenvalue weighted by Crippen LogP contribution is 2.27. The Labute approximate surface area is 95.3 Å². The lowest BCUT2D eigenvalue weighted by atomic mass is 10.2. The second kappa shape index (κ2) is 4.40. The lowest BCUT2D eigenvalue weighted by Gasteiger charge is -2.14. The van der Waals surface area contributed by atoms with Crippen molar-refractivity contribution in [2.24, 2.45) is 0 Å². The minimum Gasteiger partial charge on any atom is -0.394 e. The molecule has 1 aliphatic heterocycles. The van der Waals surface area contributed by atoms with Gasteiger partial charge in [0.2, 0.25) is 0 Å². The van der Waals surface area contributed by atoms with Crippen molar-refractivity contribution in [3.05, 3.63) is 22.5 Å². The van der Waals surface area contributed by atoms with Gasteiger partial charge in [0.15, 0.2) is 11.6 Å². The molecule has 17 heavy (non-hydrogen) atoms. The van der Waals surface area contributed by atoms with Crippen LogP contribution in [0.3, 0.4) is 0 Å². The Morgan fingerprint density at radius 2 is 2.41 bits per heavy atom. The molecular formula is C9H12FN3O4. The van der Waals surface area contributed by atoms with Gasteiger partial charge in [-0.1, -0.05) is 0 Å². The summed E-state index contributed by atoms with van der Waals surface area (Å²) >= 11 is 0. The molecule has 0 unspecified atom stereocenters. The summed E-state index contributed by atoms with van der Waals surface area (Å²) in [5, 5.41) is 18.4. The zero-order valence-corrected chi connectivity index (χ0v) is 8.78. The second-order valence-corrected chi connectivity index (χ2v) is 3.78. The van der Waals surface area contributed by atoms with E-state index in [1.54, 1.807) is 0 Å². The second-order valence-electron chi connectivity index (χ2n) is 3.78. The van der Waals surface area contributed by atoms with Crippen LogP contribution in [0.4, 0.5) is 10.2 Å². The summed E-state index contributed by atoms with van der Waals surface area (Å²) in [6, 6.07) is 0. The minimum absolute atomic E-state index is 0.0795. The molecule has 1 aliphatic rings. The Kier molecular flexibility index (Phi) is 3.09. The van der Waals surface area contributed by atoms with Crippen molar-refractivity contribution in [1.29, 1.82) is 0 Å². The van der Waals surface area contributed by atoms with Gasteiger partial charge in [-0.05, 0) is 0 Å². The SMILES string of the molecule is Nc1nc(=O)n([C@@H]2C[C@H](O)[C@@H](CO)O2)cc1F. The number of aliphatic hydroxyl groups excluding tert-OH is 2. The Morgan fingerprint density at radius 3 is 3.00 bits per heavy atom. The van der Waals surface area contributed by atoms with Crippen LogP contribution in [0.15, 0.2) is 11.0 Å². The predicted octanol–water partition coefficient (Wildman–Crippen LogP) is -1.39. The summed E-state index contributed by atoms with van der Waals surface area (Å²) in [4.78, 5) is 14.7. The zero-order chi connectivity index (χ0) is 12.6. The smallest absolute Gasteiger partial charge is 0.351 e. The minimum atomic E-state index is -0.905. The van der Waals surface area contributed by atoms with Crippen LogP contribution in [0.1, 0.15) is 12.6 Å². The first-order valence-electron chi connectivity index (χ1n) is 5.01. The van der Waals surface area contributed by atoms with E-state index in [1.165, 1.54) is 0 Å². The van der Waals surface area contributed by atoms with Crippen molar-refractivity contribution in [3.63, 3.8) is 0 Å². The van der Waals surface area contributed by atoms with Crippen LogP contribution >= 0.6 is 0 Å². The molecule has 94 valence electrons. The fourth-order valence-electron chi connectivity index (χ4n) is 1.71. The third-order valence-corrected chi connectivity index (χ3v) is 2.63. The number of hydrogen-bond donors (Lipinski definition) is 3. The average Bonchev–Trinajstić information content (AvgIpc) is 2.65. The molecule has 0 saturated carbocycles. The standard InChI is InChI=1S/C9H12FN3O4/c10-4-2-13(9(16)12-8(4)11)7-1-5(15)6(3-14)17-7/h2,5-7,14-15H,1,3H2,(H2,11,12,16)/t5-,6+,7-/m0/s1. The van der Waals surface area contributed by atoms with E-state index in [2.05, 4.69) is 4.98 Å². The number of aromatic nitrogens is 2. The molecule has 1 fully saturated rings. The van der Waals surface area contributed by atoms with Crippen LogP contribution in [0.5, 0.6) is 0 Å². The maximum atomic E-state index is 13.2. The number of nitrogens with two attached hydrogens (primary N) is 1. The lowest BCUT2D eigenvalue weighted by Crippen LogP contribution is -2.29. The summed E-state index contributed by atoms with van der Waals surface area (Å²) in [5.74, 6) is -1.32. The number of ether oxygens (including phenoxy) is 1. The van der Waals surface area contributed by atoms with Crippen LogP contribution < -0.4 is 11.4 Å². The third-order valence-electron chi connectivity index (χ3n) is 2.63. The Balaban J connectivity index is 2.30. The highest BCUT2D eigenvalue weighted by Gasteiger charge is 2.35. The quantitative estimate of drug-likeness (QED) is 0.591. The number of halogens is 1. The molecule has 2 rings (SSSR count). The van der Waals surface area contributed by atoms with Crippen LogP contribution in [-0.2, 0) is 4.74 Å². The molecule has 2 heterocycles. The monoisotopic (exact) mass is 245 g/mol. The molecule has 1 aromatic rings. The van der Waals surface area contributed by atoms with Crippen molar-refractivity contribution in [2.45, 2.75) is 24.9 Å². The Hall–Kier alpha value is -1.51. The Morgan fingerprint density at radius 1 is 1.71 bits per heavy atom. The number of nitrogen functional groups attached to an aromatic ring is 1. The average molecular weight is 245 g/mol. The molecule has 0 aliphatic carbocycles. The van der Waals surface area contributed by atoms with Crippen molar-refractivity contribution in [2.75, 3.05) is 12.3 Å². The predicted molar refractivity (Wildman–Crippen MR) is 54.5 cm³/mol. The van der Waals surface area contributed by atoms with Crippen LogP contribution in [0, 0.1) is 5.82 Å².